The summed E-state index contributed by atoms with van der Waals surface area (Å²) in [6.07, 6.45) is 4.98. The number of hydrogen-bond acceptors (Lipinski definition) is 8. The third kappa shape index (κ3) is 8.87. The van der Waals surface area contributed by atoms with Gasteiger partial charge in [0.2, 0.25) is 0 Å². The van der Waals surface area contributed by atoms with Crippen LogP contribution in [0.3, 0.4) is 0 Å². The van der Waals surface area contributed by atoms with E-state index in [0.29, 0.717) is 0 Å². The third-order valence-electron chi connectivity index (χ3n) is 9.38. The van der Waals surface area contributed by atoms with Gasteiger partial charge in [0.25, 0.3) is 0 Å². The van der Waals surface area contributed by atoms with Gasteiger partial charge in [0, 0.05) is 11.8 Å². The summed E-state index contributed by atoms with van der Waals surface area (Å²) in [6.45, 7) is 3.78. The number of aryl methyl sites for hydroxylation is 2. The molecule has 0 aliphatic heterocycles. The van der Waals surface area contributed by atoms with Gasteiger partial charge in [0.1, 0.15) is 11.2 Å². The highest BCUT2D eigenvalue weighted by Gasteiger charge is 2.44. The summed E-state index contributed by atoms with van der Waals surface area (Å²) in [5.74, 6) is -1.83. The molecule has 0 unspecified atom stereocenters. The van der Waals surface area contributed by atoms with E-state index < -0.39 is 66.4 Å². The summed E-state index contributed by atoms with van der Waals surface area (Å²) in [6, 6.07) is 31.7. The van der Waals surface area contributed by atoms with Gasteiger partial charge in [-0.2, -0.15) is 0 Å². The van der Waals surface area contributed by atoms with E-state index in [2.05, 4.69) is 0 Å². The van der Waals surface area contributed by atoms with Gasteiger partial charge >= 0.3 is 0 Å². The SMILES string of the molecule is Cc1ccc(S(=O)(=O)C[C@@]2(O)C=C[C@H](O)C[C@@H]2c2ccccc2)cc1.Cc1ccc(S(=O)(=O)C[C@@]2(O)C=C[C@H](O)C[C@@H]2c2ccccc2)cc1. The molecular weight excluding hydrogens is 673 g/mol. The molecule has 0 amide bonds. The highest BCUT2D eigenvalue weighted by atomic mass is 32.2. The predicted molar refractivity (Wildman–Crippen MR) is 194 cm³/mol. The molecule has 0 spiro atoms. The maximum Gasteiger partial charge on any atom is 0.181 e. The number of rotatable bonds is 8. The molecule has 50 heavy (non-hydrogen) atoms. The Morgan fingerprint density at radius 2 is 0.860 bits per heavy atom. The molecule has 0 saturated carbocycles. The highest BCUT2D eigenvalue weighted by molar-refractivity contribution is 7.91. The first kappa shape index (κ1) is 37.4. The van der Waals surface area contributed by atoms with Crippen LogP contribution in [0.25, 0.3) is 0 Å². The first-order chi connectivity index (χ1) is 23.6. The molecule has 264 valence electrons. The van der Waals surface area contributed by atoms with Gasteiger partial charge in [-0.05, 0) is 62.1 Å². The summed E-state index contributed by atoms with van der Waals surface area (Å²) in [7, 11) is -7.35. The fourth-order valence-corrected chi connectivity index (χ4v) is 9.87. The van der Waals surface area contributed by atoms with Crippen molar-refractivity contribution in [1.29, 1.82) is 0 Å². The van der Waals surface area contributed by atoms with E-state index in [0.717, 1.165) is 22.3 Å². The summed E-state index contributed by atoms with van der Waals surface area (Å²) in [4.78, 5) is 0.385. The lowest BCUT2D eigenvalue weighted by molar-refractivity contribution is 0.0487. The zero-order valence-electron chi connectivity index (χ0n) is 28.1. The lowest BCUT2D eigenvalue weighted by atomic mass is 9.76. The summed E-state index contributed by atoms with van der Waals surface area (Å²) < 4.78 is 51.3. The molecule has 2 aliphatic rings. The Balaban J connectivity index is 0.000000194. The number of aliphatic hydroxyl groups excluding tert-OH is 2. The summed E-state index contributed by atoms with van der Waals surface area (Å²) in [5.41, 5.74) is 0.440. The number of aliphatic hydroxyl groups is 4. The lowest BCUT2D eigenvalue weighted by Gasteiger charge is -2.38. The van der Waals surface area contributed by atoms with Crippen LogP contribution in [0.5, 0.6) is 0 Å². The van der Waals surface area contributed by atoms with Crippen LogP contribution in [0.4, 0.5) is 0 Å². The standard InChI is InChI=1S/2C20H22O4S/c2*1-15-7-9-18(10-8-15)25(23,24)14-20(22)12-11-17(21)13-19(20)16-5-3-2-4-6-16/h2*2-12,17,19,21-22H,13-14H2,1H3/t2*17-,19+,20-/m00/s1. The van der Waals surface area contributed by atoms with Crippen molar-refractivity contribution >= 4 is 19.7 Å². The molecular formula is C40H44O8S2. The van der Waals surface area contributed by atoms with Gasteiger partial charge in [0.05, 0.1) is 33.5 Å². The molecule has 2 aliphatic carbocycles. The molecule has 6 atom stereocenters. The van der Waals surface area contributed by atoms with Crippen LogP contribution >= 0.6 is 0 Å². The first-order valence-corrected chi connectivity index (χ1v) is 19.8. The van der Waals surface area contributed by atoms with Crippen molar-refractivity contribution in [1.82, 2.24) is 0 Å². The molecule has 8 nitrogen and oxygen atoms in total. The highest BCUT2D eigenvalue weighted by Crippen LogP contribution is 2.40. The van der Waals surface area contributed by atoms with E-state index in [9.17, 15) is 37.3 Å². The van der Waals surface area contributed by atoms with Crippen molar-refractivity contribution < 1.29 is 37.3 Å². The Morgan fingerprint density at radius 3 is 1.18 bits per heavy atom. The largest absolute Gasteiger partial charge is 0.389 e. The van der Waals surface area contributed by atoms with Gasteiger partial charge < -0.3 is 20.4 Å². The minimum atomic E-state index is -3.68. The Morgan fingerprint density at radius 1 is 0.540 bits per heavy atom. The van der Waals surface area contributed by atoms with Crippen molar-refractivity contribution in [3.8, 4) is 0 Å². The zero-order chi connectivity index (χ0) is 36.2. The Hall–Kier alpha value is -3.90. The summed E-state index contributed by atoms with van der Waals surface area (Å²) in [5, 5.41) is 42.3. The van der Waals surface area contributed by atoms with Crippen LogP contribution in [-0.4, -0.2) is 72.2 Å². The van der Waals surface area contributed by atoms with E-state index in [1.807, 2.05) is 74.5 Å². The second-order valence-corrected chi connectivity index (χ2v) is 17.4. The Labute approximate surface area is 294 Å². The zero-order valence-corrected chi connectivity index (χ0v) is 29.7. The predicted octanol–water partition coefficient (Wildman–Crippen LogP) is 5.21. The van der Waals surface area contributed by atoms with Crippen molar-refractivity contribution in [2.24, 2.45) is 0 Å². The number of hydrogen-bond donors (Lipinski definition) is 4. The molecule has 0 fully saturated rings. The Bertz CT molecular complexity index is 1860. The Kier molecular flexibility index (Phi) is 11.3. The van der Waals surface area contributed by atoms with Crippen LogP contribution < -0.4 is 0 Å². The average Bonchev–Trinajstić information content (AvgIpc) is 3.08. The molecule has 0 heterocycles. The molecule has 0 aromatic heterocycles. The maximum atomic E-state index is 12.8. The third-order valence-corrected chi connectivity index (χ3v) is 13.0. The lowest BCUT2D eigenvalue weighted by Crippen LogP contribution is -2.45. The van der Waals surface area contributed by atoms with E-state index in [1.54, 1.807) is 48.5 Å². The van der Waals surface area contributed by atoms with Crippen molar-refractivity contribution in [3.05, 3.63) is 156 Å². The van der Waals surface area contributed by atoms with Crippen molar-refractivity contribution in [3.63, 3.8) is 0 Å². The first-order valence-electron chi connectivity index (χ1n) is 16.5. The second kappa shape index (κ2) is 15.1. The molecule has 10 heteroatoms. The second-order valence-electron chi connectivity index (χ2n) is 13.4. The average molecular weight is 717 g/mol. The monoisotopic (exact) mass is 716 g/mol. The summed E-state index contributed by atoms with van der Waals surface area (Å²) >= 11 is 0. The quantitative estimate of drug-likeness (QED) is 0.182. The molecule has 4 N–H and O–H groups in total. The number of sulfone groups is 2. The van der Waals surface area contributed by atoms with Gasteiger partial charge in [0.15, 0.2) is 19.7 Å². The van der Waals surface area contributed by atoms with Crippen molar-refractivity contribution in [2.75, 3.05) is 11.5 Å². The van der Waals surface area contributed by atoms with Gasteiger partial charge in [-0.15, -0.1) is 0 Å². The molecule has 4 aromatic carbocycles. The molecule has 4 aromatic rings. The minimum Gasteiger partial charge on any atom is -0.389 e. The normalized spacial score (nSPS) is 26.5. The van der Waals surface area contributed by atoms with Crippen LogP contribution in [0.15, 0.2) is 143 Å². The van der Waals surface area contributed by atoms with Crippen LogP contribution in [0.2, 0.25) is 0 Å². The van der Waals surface area contributed by atoms with Gasteiger partial charge in [-0.3, -0.25) is 0 Å². The topological polar surface area (TPSA) is 149 Å². The number of benzene rings is 4. The van der Waals surface area contributed by atoms with Gasteiger partial charge in [-0.25, -0.2) is 16.8 Å². The molecule has 6 rings (SSSR count). The fourth-order valence-electron chi connectivity index (χ4n) is 6.62. The van der Waals surface area contributed by atoms with Crippen LogP contribution in [-0.2, 0) is 19.7 Å². The van der Waals surface area contributed by atoms with E-state index in [1.165, 1.54) is 24.3 Å². The molecule has 0 radical (unpaired) electrons. The van der Waals surface area contributed by atoms with E-state index in [-0.39, 0.29) is 22.6 Å². The van der Waals surface area contributed by atoms with E-state index in [4.69, 9.17) is 0 Å². The fraction of sp³-hybridized carbons (Fsp3) is 0.300. The molecule has 0 saturated heterocycles. The molecule has 0 bridgehead atoms. The van der Waals surface area contributed by atoms with Crippen LogP contribution in [0, 0.1) is 13.8 Å². The van der Waals surface area contributed by atoms with Gasteiger partial charge in [-0.1, -0.05) is 120 Å². The van der Waals surface area contributed by atoms with Crippen LogP contribution in [0.1, 0.15) is 46.9 Å². The van der Waals surface area contributed by atoms with E-state index >= 15 is 0 Å². The van der Waals surface area contributed by atoms with Crippen molar-refractivity contribution in [2.45, 2.75) is 71.7 Å². The maximum absolute atomic E-state index is 12.8. The minimum absolute atomic E-state index is 0.192. The smallest absolute Gasteiger partial charge is 0.181 e.